The molecule has 6 nitrogen and oxygen atoms in total. The summed E-state index contributed by atoms with van der Waals surface area (Å²) in [7, 11) is 0.886. The molecule has 0 unspecified atom stereocenters. The van der Waals surface area contributed by atoms with Gasteiger partial charge in [-0.15, -0.1) is 0 Å². The number of methoxy groups -OCH3 is 1. The van der Waals surface area contributed by atoms with Crippen molar-refractivity contribution in [2.75, 3.05) is 20.3 Å². The fourth-order valence-corrected chi connectivity index (χ4v) is 7.58. The smallest absolute Gasteiger partial charge is 0.432 e. The Balaban J connectivity index is 1.41. The van der Waals surface area contributed by atoms with E-state index in [0.717, 1.165) is 20.0 Å². The van der Waals surface area contributed by atoms with Gasteiger partial charge in [0, 0.05) is 18.1 Å². The van der Waals surface area contributed by atoms with Crippen molar-refractivity contribution in [3.8, 4) is 0 Å². The molecule has 0 spiro atoms. The third-order valence-corrected chi connectivity index (χ3v) is 9.64. The van der Waals surface area contributed by atoms with Crippen LogP contribution in [0.25, 0.3) is 0 Å². The number of hydrogen-bond donors (Lipinski definition) is 0. The number of hydrogen-bond acceptors (Lipinski definition) is 6. The van der Waals surface area contributed by atoms with Gasteiger partial charge in [0.15, 0.2) is 0 Å². The Labute approximate surface area is 226 Å². The number of esters is 2. The summed E-state index contributed by atoms with van der Waals surface area (Å²) in [6.45, 7) is 6.87. The standard InChI is InChI=1S/C30H35F3O6/c1-27(2)23-11-10-18-17-38-22(20-13-15-37-25(20)34)16-21(18)28(23,3)14-12-24(27)39-26(35)29(36-4,30(31,32)33)19-8-6-5-7-9-19/h5-9,13,22-24H,10-12,14-17H2,1-4H3/t22-,23-,24-,28+,29-/m0/s1. The molecule has 5 atom stereocenters. The molecular weight excluding hydrogens is 513 g/mol. The van der Waals surface area contributed by atoms with E-state index in [1.54, 1.807) is 12.1 Å². The minimum atomic E-state index is -5.02. The summed E-state index contributed by atoms with van der Waals surface area (Å²) in [6, 6.07) is 6.92. The second-order valence-corrected chi connectivity index (χ2v) is 11.9. The largest absolute Gasteiger partial charge is 0.459 e. The Bertz CT molecular complexity index is 1200. The van der Waals surface area contributed by atoms with Crippen LogP contribution in [0.2, 0.25) is 0 Å². The molecular formula is C30H35F3O6. The third-order valence-electron chi connectivity index (χ3n) is 9.64. The van der Waals surface area contributed by atoms with E-state index < -0.39 is 29.3 Å². The second-order valence-electron chi connectivity index (χ2n) is 11.9. The molecule has 1 aromatic rings. The maximum Gasteiger partial charge on any atom is 0.432 e. The van der Waals surface area contributed by atoms with Gasteiger partial charge in [0.05, 0.1) is 18.3 Å². The molecule has 212 valence electrons. The molecule has 9 heteroatoms. The molecule has 5 rings (SSSR count). The first-order chi connectivity index (χ1) is 18.4. The zero-order valence-corrected chi connectivity index (χ0v) is 22.7. The number of fused-ring (bicyclic) bond motifs is 2. The topological polar surface area (TPSA) is 71.1 Å². The van der Waals surface area contributed by atoms with Gasteiger partial charge in [0.25, 0.3) is 5.60 Å². The van der Waals surface area contributed by atoms with Crippen molar-refractivity contribution in [2.45, 2.75) is 76.9 Å². The zero-order chi connectivity index (χ0) is 28.2. The lowest BCUT2D eigenvalue weighted by molar-refractivity contribution is -0.281. The highest BCUT2D eigenvalue weighted by atomic mass is 19.4. The van der Waals surface area contributed by atoms with Gasteiger partial charge in [-0.05, 0) is 55.1 Å². The van der Waals surface area contributed by atoms with Crippen molar-refractivity contribution < 1.29 is 41.7 Å². The second kappa shape index (κ2) is 9.77. The minimum Gasteiger partial charge on any atom is -0.459 e. The fourth-order valence-electron chi connectivity index (χ4n) is 7.58. The van der Waals surface area contributed by atoms with Crippen LogP contribution >= 0.6 is 0 Å². The first-order valence-corrected chi connectivity index (χ1v) is 13.4. The fraction of sp³-hybridized carbons (Fsp3) is 0.600. The summed E-state index contributed by atoms with van der Waals surface area (Å²) in [5.41, 5.74) is -1.34. The van der Waals surface area contributed by atoms with Gasteiger partial charge in [0.2, 0.25) is 0 Å². The van der Waals surface area contributed by atoms with Crippen molar-refractivity contribution in [3.63, 3.8) is 0 Å². The Hall–Kier alpha value is -2.65. The molecule has 2 aliphatic carbocycles. The van der Waals surface area contributed by atoms with Crippen LogP contribution in [0.1, 0.15) is 58.4 Å². The zero-order valence-electron chi connectivity index (χ0n) is 22.7. The molecule has 0 saturated heterocycles. The summed E-state index contributed by atoms with van der Waals surface area (Å²) < 4.78 is 65.4. The van der Waals surface area contributed by atoms with E-state index in [0.29, 0.717) is 31.4 Å². The molecule has 4 aliphatic rings. The van der Waals surface area contributed by atoms with Crippen LogP contribution in [0.4, 0.5) is 13.2 Å². The highest BCUT2D eigenvalue weighted by Crippen LogP contribution is 2.62. The predicted molar refractivity (Wildman–Crippen MR) is 135 cm³/mol. The number of ether oxygens (including phenoxy) is 4. The van der Waals surface area contributed by atoms with Gasteiger partial charge in [-0.2, -0.15) is 13.2 Å². The first-order valence-electron chi connectivity index (χ1n) is 13.4. The number of cyclic esters (lactones) is 1. The summed E-state index contributed by atoms with van der Waals surface area (Å²) in [5.74, 6) is -1.74. The summed E-state index contributed by atoms with van der Waals surface area (Å²) in [5, 5.41) is 0. The molecule has 1 saturated carbocycles. The van der Waals surface area contributed by atoms with E-state index in [-0.39, 0.29) is 35.6 Å². The summed E-state index contributed by atoms with van der Waals surface area (Å²) in [4.78, 5) is 25.6. The average molecular weight is 549 g/mol. The van der Waals surface area contributed by atoms with E-state index in [9.17, 15) is 22.8 Å². The molecule has 39 heavy (non-hydrogen) atoms. The van der Waals surface area contributed by atoms with Crippen LogP contribution in [0.3, 0.4) is 0 Å². The lowest BCUT2D eigenvalue weighted by atomic mass is 9.48. The van der Waals surface area contributed by atoms with Crippen LogP contribution in [0.15, 0.2) is 53.1 Å². The highest BCUT2D eigenvalue weighted by molar-refractivity contribution is 5.91. The van der Waals surface area contributed by atoms with Crippen molar-refractivity contribution in [1.82, 2.24) is 0 Å². The number of benzene rings is 1. The molecule has 0 aromatic heterocycles. The first kappa shape index (κ1) is 27.9. The van der Waals surface area contributed by atoms with Crippen LogP contribution < -0.4 is 0 Å². The molecule has 2 aliphatic heterocycles. The van der Waals surface area contributed by atoms with Gasteiger partial charge in [-0.1, -0.05) is 56.7 Å². The van der Waals surface area contributed by atoms with Gasteiger partial charge in [0.1, 0.15) is 12.7 Å². The van der Waals surface area contributed by atoms with E-state index >= 15 is 0 Å². The van der Waals surface area contributed by atoms with E-state index in [4.69, 9.17) is 18.9 Å². The lowest BCUT2D eigenvalue weighted by Crippen LogP contribution is -2.57. The Kier molecular flexibility index (Phi) is 6.99. The minimum absolute atomic E-state index is 0.0538. The third kappa shape index (κ3) is 4.32. The molecule has 0 bridgehead atoms. The Morgan fingerprint density at radius 1 is 1.10 bits per heavy atom. The van der Waals surface area contributed by atoms with E-state index in [1.165, 1.54) is 35.4 Å². The highest BCUT2D eigenvalue weighted by Gasteiger charge is 2.65. The van der Waals surface area contributed by atoms with Crippen molar-refractivity contribution in [3.05, 3.63) is 58.7 Å². The molecule has 2 heterocycles. The van der Waals surface area contributed by atoms with Gasteiger partial charge >= 0.3 is 18.1 Å². The molecule has 0 amide bonds. The Morgan fingerprint density at radius 2 is 1.82 bits per heavy atom. The quantitative estimate of drug-likeness (QED) is 0.342. The van der Waals surface area contributed by atoms with Crippen molar-refractivity contribution in [2.24, 2.45) is 16.7 Å². The van der Waals surface area contributed by atoms with E-state index in [1.807, 2.05) is 13.8 Å². The number of alkyl halides is 3. The van der Waals surface area contributed by atoms with Gasteiger partial charge in [-0.25, -0.2) is 9.59 Å². The van der Waals surface area contributed by atoms with Crippen molar-refractivity contribution >= 4 is 11.9 Å². The molecule has 1 fully saturated rings. The number of halogens is 3. The number of carbonyl (C=O) groups is 2. The number of rotatable bonds is 5. The number of carbonyl (C=O) groups excluding carboxylic acids is 2. The molecule has 0 N–H and O–H groups in total. The van der Waals surface area contributed by atoms with Crippen LogP contribution in [-0.2, 0) is 34.1 Å². The summed E-state index contributed by atoms with van der Waals surface area (Å²) in [6.07, 6.45) is -1.10. The summed E-state index contributed by atoms with van der Waals surface area (Å²) >= 11 is 0. The normalized spacial score (nSPS) is 31.9. The molecule has 1 aromatic carbocycles. The SMILES string of the molecule is CO[C@](C(=O)O[C@H]1CC[C@]2(C)C3=C(CC[C@H]2C1(C)C)CO[C@H](C1=CCOC1=O)C3)(c1ccccc1)C(F)(F)F. The lowest BCUT2D eigenvalue weighted by Gasteiger charge is -2.58. The van der Waals surface area contributed by atoms with Crippen molar-refractivity contribution in [1.29, 1.82) is 0 Å². The molecule has 0 radical (unpaired) electrons. The Morgan fingerprint density at radius 3 is 2.44 bits per heavy atom. The van der Waals surface area contributed by atoms with Crippen LogP contribution in [-0.4, -0.2) is 50.6 Å². The van der Waals surface area contributed by atoms with Crippen LogP contribution in [0, 0.1) is 16.7 Å². The maximum atomic E-state index is 14.5. The average Bonchev–Trinajstić information content (AvgIpc) is 3.32. The maximum absolute atomic E-state index is 14.5. The van der Waals surface area contributed by atoms with E-state index in [2.05, 4.69) is 6.92 Å². The van der Waals surface area contributed by atoms with Gasteiger partial charge < -0.3 is 18.9 Å². The predicted octanol–water partition coefficient (Wildman–Crippen LogP) is 5.81. The van der Waals surface area contributed by atoms with Crippen LogP contribution in [0.5, 0.6) is 0 Å². The van der Waals surface area contributed by atoms with Gasteiger partial charge in [-0.3, -0.25) is 0 Å². The monoisotopic (exact) mass is 548 g/mol.